The number of hydrazine groups is 1. The summed E-state index contributed by atoms with van der Waals surface area (Å²) in [5.41, 5.74) is 5.06. The van der Waals surface area contributed by atoms with Gasteiger partial charge in [-0.05, 0) is 60.6 Å². The van der Waals surface area contributed by atoms with Gasteiger partial charge >= 0.3 is 0 Å². The number of hydrogen-bond donors (Lipinski definition) is 4. The number of amidine groups is 1. The van der Waals surface area contributed by atoms with E-state index in [4.69, 9.17) is 11.7 Å². The molecule has 172 valence electrons. The number of hydrazone groups is 1. The lowest BCUT2D eigenvalue weighted by Crippen LogP contribution is -2.31. The maximum Gasteiger partial charge on any atom is 0.298 e. The number of hydrogen-bond acceptors (Lipinski definition) is 6. The second-order valence-electron chi connectivity index (χ2n) is 8.18. The Bertz CT molecular complexity index is 1180. The Labute approximate surface area is 191 Å². The van der Waals surface area contributed by atoms with Crippen LogP contribution in [0.5, 0.6) is 0 Å². The molecule has 0 spiro atoms. The van der Waals surface area contributed by atoms with Gasteiger partial charge in [0, 0.05) is 24.5 Å². The van der Waals surface area contributed by atoms with Crippen LogP contribution in [0, 0.1) is 5.82 Å². The van der Waals surface area contributed by atoms with Gasteiger partial charge in [0.2, 0.25) is 0 Å². The molecule has 0 radical (unpaired) electrons. The molecule has 9 heteroatoms. The van der Waals surface area contributed by atoms with Gasteiger partial charge in [0.25, 0.3) is 5.56 Å². The minimum Gasteiger partial charge on any atom is -0.333 e. The van der Waals surface area contributed by atoms with Crippen molar-refractivity contribution in [2.75, 3.05) is 5.32 Å². The number of anilines is 2. The van der Waals surface area contributed by atoms with Gasteiger partial charge in [-0.25, -0.2) is 15.2 Å². The van der Waals surface area contributed by atoms with Crippen LogP contribution in [0.2, 0.25) is 0 Å². The van der Waals surface area contributed by atoms with E-state index in [1.807, 2.05) is 30.3 Å². The monoisotopic (exact) mass is 449 g/mol. The topological polar surface area (TPSA) is 123 Å². The SMILES string of the molecule is N/N=C(/CCc1ccc(-n2ccnc(Nc3ccc(C4CCCC4)cc3F)c2=O)cc1)NN. The van der Waals surface area contributed by atoms with Crippen molar-refractivity contribution in [3.8, 4) is 5.69 Å². The molecule has 1 aromatic heterocycles. The maximum absolute atomic E-state index is 14.7. The van der Waals surface area contributed by atoms with Crippen molar-refractivity contribution in [2.24, 2.45) is 16.8 Å². The Kier molecular flexibility index (Phi) is 6.99. The van der Waals surface area contributed by atoms with E-state index >= 15 is 0 Å². The average molecular weight is 450 g/mol. The third-order valence-electron chi connectivity index (χ3n) is 6.10. The number of aryl methyl sites for hydroxylation is 1. The van der Waals surface area contributed by atoms with Crippen molar-refractivity contribution in [1.82, 2.24) is 15.0 Å². The Balaban J connectivity index is 1.50. The zero-order valence-electron chi connectivity index (χ0n) is 18.3. The zero-order valence-corrected chi connectivity index (χ0v) is 18.3. The summed E-state index contributed by atoms with van der Waals surface area (Å²) in [6.07, 6.45) is 8.93. The van der Waals surface area contributed by atoms with Gasteiger partial charge in [0.1, 0.15) is 11.7 Å². The normalized spacial score (nSPS) is 14.4. The Morgan fingerprint density at radius 3 is 2.61 bits per heavy atom. The summed E-state index contributed by atoms with van der Waals surface area (Å²) in [7, 11) is 0. The van der Waals surface area contributed by atoms with Gasteiger partial charge in [-0.2, -0.15) is 5.10 Å². The number of benzene rings is 2. The van der Waals surface area contributed by atoms with E-state index in [0.29, 0.717) is 30.3 Å². The first-order valence-corrected chi connectivity index (χ1v) is 11.1. The second kappa shape index (κ2) is 10.3. The van der Waals surface area contributed by atoms with Crippen LogP contribution in [0.15, 0.2) is 64.8 Å². The smallest absolute Gasteiger partial charge is 0.298 e. The summed E-state index contributed by atoms with van der Waals surface area (Å²) in [6, 6.07) is 12.7. The number of aromatic nitrogens is 2. The standard InChI is InChI=1S/C24H28FN7O/c25-20-15-18(17-3-1-2-4-17)8-11-21(20)29-23-24(33)32(14-13-28-23)19-9-5-16(6-10-19)7-12-22(30-26)31-27/h5-6,8-11,13-15,17H,1-4,7,12,26-27H2,(H,28,29)(H,30,31). The van der Waals surface area contributed by atoms with Crippen molar-refractivity contribution in [1.29, 1.82) is 0 Å². The molecule has 2 aromatic carbocycles. The molecule has 1 fully saturated rings. The highest BCUT2D eigenvalue weighted by Gasteiger charge is 2.18. The lowest BCUT2D eigenvalue weighted by Gasteiger charge is -2.13. The van der Waals surface area contributed by atoms with E-state index in [-0.39, 0.29) is 22.9 Å². The molecule has 0 bridgehead atoms. The molecule has 1 aliphatic rings. The van der Waals surface area contributed by atoms with Crippen LogP contribution >= 0.6 is 0 Å². The van der Waals surface area contributed by atoms with Gasteiger partial charge in [0.15, 0.2) is 5.82 Å². The molecule has 0 saturated heterocycles. The predicted octanol–water partition coefficient (Wildman–Crippen LogP) is 3.44. The molecule has 1 saturated carbocycles. The number of nitrogens with one attached hydrogen (secondary N) is 2. The molecule has 1 aliphatic carbocycles. The average Bonchev–Trinajstić information content (AvgIpc) is 3.38. The van der Waals surface area contributed by atoms with E-state index in [9.17, 15) is 9.18 Å². The summed E-state index contributed by atoms with van der Waals surface area (Å²) < 4.78 is 16.2. The number of nitrogens with two attached hydrogens (primary N) is 2. The summed E-state index contributed by atoms with van der Waals surface area (Å²) in [5.74, 6) is 11.2. The van der Waals surface area contributed by atoms with Crippen LogP contribution in [0.3, 0.4) is 0 Å². The summed E-state index contributed by atoms with van der Waals surface area (Å²) >= 11 is 0. The first-order valence-electron chi connectivity index (χ1n) is 11.1. The van der Waals surface area contributed by atoms with Crippen LogP contribution < -0.4 is 28.0 Å². The van der Waals surface area contributed by atoms with E-state index in [1.54, 1.807) is 18.3 Å². The molecular formula is C24H28FN7O. The van der Waals surface area contributed by atoms with E-state index < -0.39 is 0 Å². The highest BCUT2D eigenvalue weighted by Crippen LogP contribution is 2.35. The maximum atomic E-state index is 14.7. The quantitative estimate of drug-likeness (QED) is 0.190. The van der Waals surface area contributed by atoms with Crippen molar-refractivity contribution in [3.63, 3.8) is 0 Å². The minimum absolute atomic E-state index is 0.0620. The molecule has 0 amide bonds. The Morgan fingerprint density at radius 2 is 1.94 bits per heavy atom. The summed E-state index contributed by atoms with van der Waals surface area (Å²) in [6.45, 7) is 0. The van der Waals surface area contributed by atoms with Gasteiger partial charge in [-0.3, -0.25) is 9.36 Å². The largest absolute Gasteiger partial charge is 0.333 e. The van der Waals surface area contributed by atoms with Crippen molar-refractivity contribution in [3.05, 3.63) is 82.2 Å². The summed E-state index contributed by atoms with van der Waals surface area (Å²) in [4.78, 5) is 17.1. The molecule has 6 N–H and O–H groups in total. The minimum atomic E-state index is -0.382. The van der Waals surface area contributed by atoms with Gasteiger partial charge in [-0.15, -0.1) is 0 Å². The third-order valence-corrected chi connectivity index (χ3v) is 6.10. The number of nitrogens with zero attached hydrogens (tertiary/aromatic N) is 3. The predicted molar refractivity (Wildman–Crippen MR) is 128 cm³/mol. The summed E-state index contributed by atoms with van der Waals surface area (Å²) in [5, 5.41) is 6.43. The molecule has 1 heterocycles. The van der Waals surface area contributed by atoms with Crippen molar-refractivity contribution >= 4 is 17.3 Å². The molecule has 4 rings (SSSR count). The first-order chi connectivity index (χ1) is 16.1. The lowest BCUT2D eigenvalue weighted by molar-refractivity contribution is 0.622. The first kappa shape index (κ1) is 22.5. The zero-order chi connectivity index (χ0) is 23.2. The van der Waals surface area contributed by atoms with E-state index in [1.165, 1.54) is 23.6 Å². The van der Waals surface area contributed by atoms with Crippen LogP contribution in [-0.4, -0.2) is 15.4 Å². The fourth-order valence-electron chi connectivity index (χ4n) is 4.23. The third kappa shape index (κ3) is 5.20. The Morgan fingerprint density at radius 1 is 1.18 bits per heavy atom. The fraction of sp³-hybridized carbons (Fsp3) is 0.292. The fourth-order valence-corrected chi connectivity index (χ4v) is 4.23. The van der Waals surface area contributed by atoms with Crippen LogP contribution in [0.25, 0.3) is 5.69 Å². The van der Waals surface area contributed by atoms with Gasteiger partial charge in [-0.1, -0.05) is 31.0 Å². The highest BCUT2D eigenvalue weighted by atomic mass is 19.1. The number of rotatable bonds is 7. The van der Waals surface area contributed by atoms with E-state index in [2.05, 4.69) is 20.8 Å². The van der Waals surface area contributed by atoms with Gasteiger partial charge in [0.05, 0.1) is 5.69 Å². The highest BCUT2D eigenvalue weighted by molar-refractivity contribution is 5.81. The number of halogens is 1. The second-order valence-corrected chi connectivity index (χ2v) is 8.18. The molecule has 3 aromatic rings. The Hall–Kier alpha value is -3.72. The molecule has 0 unspecified atom stereocenters. The molecule has 0 atom stereocenters. The van der Waals surface area contributed by atoms with Crippen LogP contribution in [0.1, 0.15) is 49.1 Å². The van der Waals surface area contributed by atoms with Gasteiger partial charge < -0.3 is 16.6 Å². The van der Waals surface area contributed by atoms with Crippen LogP contribution in [-0.2, 0) is 6.42 Å². The van der Waals surface area contributed by atoms with Crippen molar-refractivity contribution in [2.45, 2.75) is 44.4 Å². The van der Waals surface area contributed by atoms with Crippen molar-refractivity contribution < 1.29 is 4.39 Å². The molecular weight excluding hydrogens is 421 g/mol. The molecule has 0 aliphatic heterocycles. The molecule has 33 heavy (non-hydrogen) atoms. The van der Waals surface area contributed by atoms with E-state index in [0.717, 1.165) is 24.0 Å². The van der Waals surface area contributed by atoms with Crippen LogP contribution in [0.4, 0.5) is 15.9 Å². The molecule has 8 nitrogen and oxygen atoms in total. The lowest BCUT2D eigenvalue weighted by atomic mass is 9.97.